The van der Waals surface area contributed by atoms with E-state index in [0.717, 1.165) is 50.0 Å². The van der Waals surface area contributed by atoms with Crippen LogP contribution in [0.3, 0.4) is 0 Å². The summed E-state index contributed by atoms with van der Waals surface area (Å²) in [5.74, 6) is -0.792. The van der Waals surface area contributed by atoms with Crippen LogP contribution in [0.5, 0.6) is 0 Å². The highest BCUT2D eigenvalue weighted by atomic mass is 19.2. The molecule has 0 spiro atoms. The highest BCUT2D eigenvalue weighted by molar-refractivity contribution is 5.76. The topological polar surface area (TPSA) is 45.2 Å². The minimum Gasteiger partial charge on any atom is -0.347 e. The predicted octanol–water partition coefficient (Wildman–Crippen LogP) is 5.01. The van der Waals surface area contributed by atoms with Gasteiger partial charge >= 0.3 is 0 Å². The van der Waals surface area contributed by atoms with Gasteiger partial charge in [0.1, 0.15) is 0 Å². The Hall–Kier alpha value is -2.34. The van der Waals surface area contributed by atoms with Crippen molar-refractivity contribution in [2.45, 2.75) is 57.5 Å². The molecule has 1 N–H and O–H groups in total. The second-order valence-electron chi connectivity index (χ2n) is 9.04. The summed E-state index contributed by atoms with van der Waals surface area (Å²) in [5, 5.41) is 3.29. The van der Waals surface area contributed by atoms with Crippen molar-refractivity contribution in [2.75, 3.05) is 13.1 Å². The first kappa shape index (κ1) is 21.9. The number of aromatic nitrogens is 1. The quantitative estimate of drug-likeness (QED) is 0.676. The molecule has 1 aromatic heterocycles. The molecule has 0 bridgehead atoms. The van der Waals surface area contributed by atoms with Crippen molar-refractivity contribution in [3.8, 4) is 0 Å². The van der Waals surface area contributed by atoms with E-state index in [1.54, 1.807) is 12.3 Å². The fraction of sp³-hybridized carbons (Fsp3) is 0.520. The van der Waals surface area contributed by atoms with Crippen LogP contribution in [0, 0.1) is 23.5 Å². The van der Waals surface area contributed by atoms with Crippen molar-refractivity contribution in [1.82, 2.24) is 15.2 Å². The first-order valence-electron chi connectivity index (χ1n) is 11.4. The Labute approximate surface area is 183 Å². The van der Waals surface area contributed by atoms with Gasteiger partial charge in [0.15, 0.2) is 11.6 Å². The van der Waals surface area contributed by atoms with Gasteiger partial charge in [0.05, 0.1) is 11.7 Å². The SMILES string of the molecule is O=C(CC1CCCC1)N[C@@H](c1ccccn1)[C@H]1CCCN(Cc2ccc(F)c(F)c2)C1. The number of carbonyl (C=O) groups excluding carboxylic acids is 1. The number of hydrogen-bond donors (Lipinski definition) is 1. The number of nitrogens with one attached hydrogen (secondary N) is 1. The smallest absolute Gasteiger partial charge is 0.220 e. The van der Waals surface area contributed by atoms with E-state index in [1.165, 1.54) is 25.0 Å². The van der Waals surface area contributed by atoms with E-state index >= 15 is 0 Å². The molecule has 2 atom stereocenters. The molecule has 31 heavy (non-hydrogen) atoms. The molecule has 4 rings (SSSR count). The zero-order valence-electron chi connectivity index (χ0n) is 17.9. The predicted molar refractivity (Wildman–Crippen MR) is 116 cm³/mol. The van der Waals surface area contributed by atoms with E-state index in [0.29, 0.717) is 18.9 Å². The first-order chi connectivity index (χ1) is 15.1. The largest absolute Gasteiger partial charge is 0.347 e. The summed E-state index contributed by atoms with van der Waals surface area (Å²) < 4.78 is 26.9. The van der Waals surface area contributed by atoms with Gasteiger partial charge in [-0.05, 0) is 73.9 Å². The second-order valence-corrected chi connectivity index (χ2v) is 9.04. The fourth-order valence-corrected chi connectivity index (χ4v) is 5.11. The average molecular weight is 428 g/mol. The number of likely N-dealkylation sites (tertiary alicyclic amines) is 1. The maximum Gasteiger partial charge on any atom is 0.220 e. The Balaban J connectivity index is 1.44. The van der Waals surface area contributed by atoms with Gasteiger partial charge in [-0.15, -0.1) is 0 Å². The number of amides is 1. The standard InChI is InChI=1S/C25H31F2N3O/c26-21-11-10-19(14-22(21)27)16-30-13-5-8-20(17-30)25(23-9-3-4-12-28-23)29-24(31)15-18-6-1-2-7-18/h3-4,9-12,14,18,20,25H,1-2,5-8,13,15-17H2,(H,29,31)/t20-,25+/m0/s1. The number of benzene rings is 1. The van der Waals surface area contributed by atoms with Crippen molar-refractivity contribution in [3.63, 3.8) is 0 Å². The number of pyridine rings is 1. The molecule has 2 fully saturated rings. The molecule has 2 aromatic rings. The molecule has 166 valence electrons. The van der Waals surface area contributed by atoms with Crippen LogP contribution in [0.25, 0.3) is 0 Å². The van der Waals surface area contributed by atoms with E-state index in [2.05, 4.69) is 15.2 Å². The number of hydrogen-bond acceptors (Lipinski definition) is 3. The van der Waals surface area contributed by atoms with Crippen molar-refractivity contribution < 1.29 is 13.6 Å². The van der Waals surface area contributed by atoms with Crippen LogP contribution < -0.4 is 5.32 Å². The molecule has 2 aliphatic rings. The Kier molecular flexibility index (Phi) is 7.28. The summed E-state index contributed by atoms with van der Waals surface area (Å²) in [4.78, 5) is 19.6. The summed E-state index contributed by atoms with van der Waals surface area (Å²) in [6, 6.07) is 9.79. The molecule has 6 heteroatoms. The van der Waals surface area contributed by atoms with Gasteiger partial charge in [-0.1, -0.05) is 25.0 Å². The third kappa shape index (κ3) is 5.88. The average Bonchev–Trinajstić information content (AvgIpc) is 3.28. The molecule has 1 aliphatic heterocycles. The van der Waals surface area contributed by atoms with Gasteiger partial charge in [-0.25, -0.2) is 8.78 Å². The lowest BCUT2D eigenvalue weighted by Gasteiger charge is -2.37. The van der Waals surface area contributed by atoms with Crippen LogP contribution in [-0.2, 0) is 11.3 Å². The van der Waals surface area contributed by atoms with Crippen LogP contribution >= 0.6 is 0 Å². The third-order valence-corrected chi connectivity index (χ3v) is 6.68. The van der Waals surface area contributed by atoms with Gasteiger partial charge in [0, 0.05) is 25.7 Å². The van der Waals surface area contributed by atoms with Crippen molar-refractivity contribution in [1.29, 1.82) is 0 Å². The van der Waals surface area contributed by atoms with Crippen LogP contribution in [-0.4, -0.2) is 28.9 Å². The second kappa shape index (κ2) is 10.3. The van der Waals surface area contributed by atoms with Crippen LogP contribution in [0.15, 0.2) is 42.6 Å². The van der Waals surface area contributed by atoms with Gasteiger partial charge < -0.3 is 5.32 Å². The van der Waals surface area contributed by atoms with Crippen molar-refractivity contribution in [3.05, 3.63) is 65.5 Å². The number of nitrogens with zero attached hydrogens (tertiary/aromatic N) is 2. The minimum absolute atomic E-state index is 0.111. The van der Waals surface area contributed by atoms with Crippen LogP contribution in [0.2, 0.25) is 0 Å². The molecule has 1 saturated heterocycles. The van der Waals surface area contributed by atoms with Gasteiger partial charge in [0.25, 0.3) is 0 Å². The molecular formula is C25H31F2N3O. The number of piperidine rings is 1. The van der Waals surface area contributed by atoms with E-state index in [9.17, 15) is 13.6 Å². The third-order valence-electron chi connectivity index (χ3n) is 6.68. The highest BCUT2D eigenvalue weighted by Gasteiger charge is 2.31. The Bertz CT molecular complexity index is 870. The lowest BCUT2D eigenvalue weighted by Crippen LogP contribution is -2.43. The molecular weight excluding hydrogens is 396 g/mol. The maximum atomic E-state index is 13.6. The van der Waals surface area contributed by atoms with Gasteiger partial charge in [-0.3, -0.25) is 14.7 Å². The number of carbonyl (C=O) groups is 1. The minimum atomic E-state index is -0.819. The Morgan fingerprint density at radius 1 is 1.10 bits per heavy atom. The van der Waals surface area contributed by atoms with E-state index in [1.807, 2.05) is 18.2 Å². The molecule has 0 unspecified atom stereocenters. The maximum absolute atomic E-state index is 13.6. The summed E-state index contributed by atoms with van der Waals surface area (Å²) in [6.45, 7) is 2.25. The monoisotopic (exact) mass is 427 g/mol. The molecule has 0 radical (unpaired) electrons. The molecule has 1 aromatic carbocycles. The number of halogens is 2. The highest BCUT2D eigenvalue weighted by Crippen LogP contribution is 2.31. The summed E-state index contributed by atoms with van der Waals surface area (Å²) in [5.41, 5.74) is 1.65. The number of rotatable bonds is 7. The first-order valence-corrected chi connectivity index (χ1v) is 11.4. The van der Waals surface area contributed by atoms with Gasteiger partial charge in [-0.2, -0.15) is 0 Å². The molecule has 4 nitrogen and oxygen atoms in total. The van der Waals surface area contributed by atoms with Gasteiger partial charge in [0.2, 0.25) is 5.91 Å². The van der Waals surface area contributed by atoms with Crippen LogP contribution in [0.4, 0.5) is 8.78 Å². The summed E-state index contributed by atoms with van der Waals surface area (Å²) in [6.07, 6.45) is 9.10. The van der Waals surface area contributed by atoms with Crippen molar-refractivity contribution >= 4 is 5.91 Å². The zero-order valence-corrected chi connectivity index (χ0v) is 17.9. The fourth-order valence-electron chi connectivity index (χ4n) is 5.11. The normalized spacial score (nSPS) is 21.2. The van der Waals surface area contributed by atoms with E-state index in [-0.39, 0.29) is 17.9 Å². The summed E-state index contributed by atoms with van der Waals surface area (Å²) in [7, 11) is 0. The molecule has 1 saturated carbocycles. The lowest BCUT2D eigenvalue weighted by molar-refractivity contribution is -0.123. The Morgan fingerprint density at radius 3 is 2.68 bits per heavy atom. The molecule has 1 aliphatic carbocycles. The Morgan fingerprint density at radius 2 is 1.94 bits per heavy atom. The van der Waals surface area contributed by atoms with Crippen LogP contribution in [0.1, 0.15) is 62.2 Å². The summed E-state index contributed by atoms with van der Waals surface area (Å²) >= 11 is 0. The molecule has 1 amide bonds. The van der Waals surface area contributed by atoms with E-state index < -0.39 is 11.6 Å². The van der Waals surface area contributed by atoms with Crippen molar-refractivity contribution in [2.24, 2.45) is 11.8 Å². The molecule has 2 heterocycles. The van der Waals surface area contributed by atoms with E-state index in [4.69, 9.17) is 0 Å². The zero-order chi connectivity index (χ0) is 21.6. The lowest BCUT2D eigenvalue weighted by atomic mass is 9.87.